The Hall–Kier alpha value is -2.09. The lowest BCUT2D eigenvalue weighted by molar-refractivity contribution is -0.117. The second kappa shape index (κ2) is 9.91. The molecule has 2 nitrogen and oxygen atoms in total. The van der Waals surface area contributed by atoms with E-state index in [0.29, 0.717) is 5.92 Å². The first-order chi connectivity index (χ1) is 13.3. The topological polar surface area (TPSA) is 20.3 Å². The van der Waals surface area contributed by atoms with Crippen molar-refractivity contribution in [1.29, 1.82) is 0 Å². The number of carbonyl (C=O) groups is 1. The first kappa shape index (κ1) is 22.2. The Morgan fingerprint density at radius 1 is 1.21 bits per heavy atom. The number of Topliss-reactive ketones (excluding diaryl/α,β-unsaturated/α-hetero) is 1. The quantitative estimate of drug-likeness (QED) is 0.479. The number of hydrogen-bond donors (Lipinski definition) is 0. The molecular weight excluding hydrogens is 342 g/mol. The maximum Gasteiger partial charge on any atom is 0.172 e. The van der Waals surface area contributed by atoms with Crippen LogP contribution >= 0.6 is 0 Å². The molecule has 2 heteroatoms. The van der Waals surface area contributed by atoms with Gasteiger partial charge in [-0.2, -0.15) is 0 Å². The summed E-state index contributed by atoms with van der Waals surface area (Å²) in [4.78, 5) is 16.3. The van der Waals surface area contributed by atoms with Crippen molar-refractivity contribution in [2.45, 2.75) is 60.3 Å². The molecule has 152 valence electrons. The van der Waals surface area contributed by atoms with E-state index in [4.69, 9.17) is 0 Å². The molecule has 0 fully saturated rings. The Kier molecular flexibility index (Phi) is 7.86. The molecule has 28 heavy (non-hydrogen) atoms. The van der Waals surface area contributed by atoms with Crippen molar-refractivity contribution in [3.05, 3.63) is 71.5 Å². The van der Waals surface area contributed by atoms with Gasteiger partial charge in [0.05, 0.1) is 5.92 Å². The van der Waals surface area contributed by atoms with Crippen LogP contribution in [0.1, 0.15) is 65.9 Å². The summed E-state index contributed by atoms with van der Waals surface area (Å²) in [6.07, 6.45) is 10.4. The van der Waals surface area contributed by atoms with Gasteiger partial charge in [-0.05, 0) is 42.2 Å². The summed E-state index contributed by atoms with van der Waals surface area (Å²) in [7, 11) is 0. The molecule has 1 aromatic carbocycles. The van der Waals surface area contributed by atoms with Crippen molar-refractivity contribution in [1.82, 2.24) is 4.90 Å². The van der Waals surface area contributed by atoms with Gasteiger partial charge < -0.3 is 4.90 Å². The summed E-state index contributed by atoms with van der Waals surface area (Å²) in [5.74, 6) is 0.571. The van der Waals surface area contributed by atoms with E-state index >= 15 is 0 Å². The molecule has 0 saturated carbocycles. The van der Waals surface area contributed by atoms with Gasteiger partial charge in [0.2, 0.25) is 0 Å². The number of rotatable bonds is 8. The molecule has 0 N–H and O–H groups in total. The zero-order valence-electron chi connectivity index (χ0n) is 18.5. The first-order valence-electron chi connectivity index (χ1n) is 10.7. The fourth-order valence-corrected chi connectivity index (χ4v) is 4.00. The minimum atomic E-state index is -0.248. The van der Waals surface area contributed by atoms with Crippen LogP contribution in [0.2, 0.25) is 0 Å². The minimum Gasteiger partial charge on any atom is -0.377 e. The van der Waals surface area contributed by atoms with Crippen molar-refractivity contribution in [2.75, 3.05) is 13.1 Å². The van der Waals surface area contributed by atoms with Crippen molar-refractivity contribution < 1.29 is 4.79 Å². The second-order valence-corrected chi connectivity index (χ2v) is 8.89. The summed E-state index contributed by atoms with van der Waals surface area (Å²) >= 11 is 0. The molecule has 1 atom stereocenters. The number of carbonyl (C=O) groups excluding carboxylic acids is 1. The van der Waals surface area contributed by atoms with Gasteiger partial charge in [0.1, 0.15) is 0 Å². The minimum absolute atomic E-state index is 0.106. The summed E-state index contributed by atoms with van der Waals surface area (Å²) < 4.78 is 0. The average molecular weight is 380 g/mol. The molecule has 0 aliphatic carbocycles. The van der Waals surface area contributed by atoms with Gasteiger partial charge in [-0.15, -0.1) is 0 Å². The van der Waals surface area contributed by atoms with Crippen LogP contribution < -0.4 is 0 Å². The highest BCUT2D eigenvalue weighted by molar-refractivity contribution is 6.03. The monoisotopic (exact) mass is 379 g/mol. The van der Waals surface area contributed by atoms with E-state index in [1.165, 1.54) is 0 Å². The highest BCUT2D eigenvalue weighted by atomic mass is 16.1. The number of hydrogen-bond acceptors (Lipinski definition) is 2. The maximum atomic E-state index is 14.0. The van der Waals surface area contributed by atoms with Crippen LogP contribution in [0.5, 0.6) is 0 Å². The molecule has 0 radical (unpaired) electrons. The van der Waals surface area contributed by atoms with Crippen LogP contribution in [-0.2, 0) is 4.79 Å². The lowest BCUT2D eigenvalue weighted by Gasteiger charge is -2.39. The third kappa shape index (κ3) is 5.47. The highest BCUT2D eigenvalue weighted by Gasteiger charge is 2.37. The number of allylic oxidation sites excluding steroid dienone is 5. The average Bonchev–Trinajstić information content (AvgIpc) is 2.64. The second-order valence-electron chi connectivity index (χ2n) is 8.89. The standard InChI is InChI=1S/C26H37NO/c1-7-12-21(13-8-2)24(22-14-10-9-11-15-22)25(28)23-19-27(18-20(3)4)17-16-26(23,5)6/h7,9-15,19-20,24H,8,16-18H2,1-6H3/b12-7-,21-13+. The van der Waals surface area contributed by atoms with Crippen molar-refractivity contribution in [2.24, 2.45) is 11.3 Å². The number of ketones is 1. The fourth-order valence-electron chi connectivity index (χ4n) is 4.00. The van der Waals surface area contributed by atoms with Gasteiger partial charge in [0.25, 0.3) is 0 Å². The van der Waals surface area contributed by atoms with Crippen LogP contribution in [0.25, 0.3) is 0 Å². The lowest BCUT2D eigenvalue weighted by atomic mass is 9.72. The molecular formula is C26H37NO. The Morgan fingerprint density at radius 2 is 1.89 bits per heavy atom. The van der Waals surface area contributed by atoms with Gasteiger partial charge >= 0.3 is 0 Å². The van der Waals surface area contributed by atoms with Gasteiger partial charge in [-0.3, -0.25) is 4.79 Å². The van der Waals surface area contributed by atoms with E-state index in [2.05, 4.69) is 70.0 Å². The largest absolute Gasteiger partial charge is 0.377 e. The molecule has 1 unspecified atom stereocenters. The summed E-state index contributed by atoms with van der Waals surface area (Å²) in [5.41, 5.74) is 3.02. The van der Waals surface area contributed by atoms with Gasteiger partial charge in [0, 0.05) is 24.9 Å². The summed E-state index contributed by atoms with van der Waals surface area (Å²) in [6.45, 7) is 15.1. The normalized spacial score (nSPS) is 18.5. The maximum absolute atomic E-state index is 14.0. The smallest absolute Gasteiger partial charge is 0.172 e. The summed E-state index contributed by atoms with van der Waals surface area (Å²) in [6, 6.07) is 10.2. The Morgan fingerprint density at radius 3 is 2.46 bits per heavy atom. The Balaban J connectivity index is 2.53. The first-order valence-corrected chi connectivity index (χ1v) is 10.7. The zero-order valence-corrected chi connectivity index (χ0v) is 18.5. The molecule has 0 amide bonds. The van der Waals surface area contributed by atoms with Gasteiger partial charge in [-0.25, -0.2) is 0 Å². The predicted molar refractivity (Wildman–Crippen MR) is 120 cm³/mol. The molecule has 0 saturated heterocycles. The zero-order chi connectivity index (χ0) is 20.7. The molecule has 0 spiro atoms. The molecule has 1 aliphatic heterocycles. The van der Waals surface area contributed by atoms with E-state index in [0.717, 1.165) is 42.6 Å². The Bertz CT molecular complexity index is 737. The van der Waals surface area contributed by atoms with Gasteiger partial charge in [-0.1, -0.05) is 83.2 Å². The van der Waals surface area contributed by atoms with E-state index < -0.39 is 0 Å². The van der Waals surface area contributed by atoms with Crippen LogP contribution in [0.4, 0.5) is 0 Å². The van der Waals surface area contributed by atoms with Crippen LogP contribution in [0.3, 0.4) is 0 Å². The predicted octanol–water partition coefficient (Wildman–Crippen LogP) is 6.52. The number of benzene rings is 1. The molecule has 1 heterocycles. The van der Waals surface area contributed by atoms with Crippen LogP contribution in [0, 0.1) is 11.3 Å². The third-order valence-electron chi connectivity index (χ3n) is 5.46. The molecule has 0 bridgehead atoms. The highest BCUT2D eigenvalue weighted by Crippen LogP contribution is 2.40. The Labute approximate surface area is 172 Å². The van der Waals surface area contributed by atoms with Crippen molar-refractivity contribution in [3.63, 3.8) is 0 Å². The summed E-state index contributed by atoms with van der Waals surface area (Å²) in [5, 5.41) is 0. The van der Waals surface area contributed by atoms with Gasteiger partial charge in [0.15, 0.2) is 5.78 Å². The van der Waals surface area contributed by atoms with Crippen molar-refractivity contribution in [3.8, 4) is 0 Å². The van der Waals surface area contributed by atoms with Crippen molar-refractivity contribution >= 4 is 5.78 Å². The lowest BCUT2D eigenvalue weighted by Crippen LogP contribution is -2.38. The van der Waals surface area contributed by atoms with E-state index in [1.807, 2.05) is 31.2 Å². The SMILES string of the molecule is C/C=C\C(=C/CC)C(C(=O)C1=CN(CC(C)C)CCC1(C)C)c1ccccc1. The van der Waals surface area contributed by atoms with E-state index in [1.54, 1.807) is 0 Å². The molecule has 0 aromatic heterocycles. The van der Waals surface area contributed by atoms with E-state index in [9.17, 15) is 4.79 Å². The van der Waals surface area contributed by atoms with Crippen LogP contribution in [-0.4, -0.2) is 23.8 Å². The fraction of sp³-hybridized carbons (Fsp3) is 0.500. The van der Waals surface area contributed by atoms with Crippen LogP contribution in [0.15, 0.2) is 65.9 Å². The third-order valence-corrected chi connectivity index (χ3v) is 5.46. The molecule has 1 aliphatic rings. The molecule has 1 aromatic rings. The molecule has 2 rings (SSSR count). The number of nitrogens with zero attached hydrogens (tertiary/aromatic N) is 1. The van der Waals surface area contributed by atoms with E-state index in [-0.39, 0.29) is 17.1 Å².